The monoisotopic (exact) mass is 517 g/mol. The molecule has 180 valence electrons. The molecule has 3 rings (SSSR count). The van der Waals surface area contributed by atoms with Gasteiger partial charge >= 0.3 is 6.09 Å². The minimum Gasteiger partial charge on any atom is -0.453 e. The van der Waals surface area contributed by atoms with Crippen molar-refractivity contribution >= 4 is 33.5 Å². The van der Waals surface area contributed by atoms with E-state index in [9.17, 15) is 9.59 Å². The molecule has 1 heterocycles. The van der Waals surface area contributed by atoms with E-state index in [0.717, 1.165) is 42.3 Å². The molecule has 1 aromatic carbocycles. The number of nitrogens with one attached hydrogen (secondary N) is 2. The molecule has 1 aliphatic carbocycles. The van der Waals surface area contributed by atoms with Gasteiger partial charge in [0, 0.05) is 22.9 Å². The third-order valence-corrected chi connectivity index (χ3v) is 7.57. The zero-order valence-electron chi connectivity index (χ0n) is 20.0. The predicted molar refractivity (Wildman–Crippen MR) is 135 cm³/mol. The number of carbonyl (C=O) groups excluding carboxylic acids is 2. The number of halogens is 1. The normalized spacial score (nSPS) is 20.9. The average Bonchev–Trinajstić information content (AvgIpc) is 3.50. The van der Waals surface area contributed by atoms with Crippen molar-refractivity contribution in [1.82, 2.24) is 15.5 Å². The maximum atomic E-state index is 13.6. The van der Waals surface area contributed by atoms with E-state index >= 15 is 0 Å². The third kappa shape index (κ3) is 5.81. The second-order valence-corrected chi connectivity index (χ2v) is 10.1. The van der Waals surface area contributed by atoms with Crippen molar-refractivity contribution in [3.63, 3.8) is 0 Å². The lowest BCUT2D eigenvalue weighted by Gasteiger charge is -2.36. The molecule has 0 aromatic heterocycles. The van der Waals surface area contributed by atoms with Crippen LogP contribution in [-0.4, -0.2) is 42.1 Å². The molecule has 2 aliphatic rings. The van der Waals surface area contributed by atoms with Crippen molar-refractivity contribution in [2.75, 3.05) is 13.7 Å². The van der Waals surface area contributed by atoms with Crippen molar-refractivity contribution < 1.29 is 14.3 Å². The average molecular weight is 518 g/mol. The van der Waals surface area contributed by atoms with Gasteiger partial charge in [-0.25, -0.2) is 4.79 Å². The topological polar surface area (TPSA) is 70.7 Å². The molecular weight excluding hydrogens is 482 g/mol. The van der Waals surface area contributed by atoms with Crippen molar-refractivity contribution in [2.45, 2.75) is 70.4 Å². The lowest BCUT2D eigenvalue weighted by Crippen LogP contribution is -2.59. The van der Waals surface area contributed by atoms with Crippen LogP contribution in [0.15, 0.2) is 47.2 Å². The number of amides is 2. The number of methoxy groups -OCH3 is 1. The minimum atomic E-state index is -0.870. The third-order valence-electron chi connectivity index (χ3n) is 7.04. The Kier molecular flexibility index (Phi) is 8.63. The number of alkyl carbamates (subject to hydrolysis) is 1. The summed E-state index contributed by atoms with van der Waals surface area (Å²) in [4.78, 5) is 27.5. The number of carbonyl (C=O) groups is 2. The van der Waals surface area contributed by atoms with Crippen LogP contribution in [0.2, 0.25) is 0 Å². The van der Waals surface area contributed by atoms with Gasteiger partial charge in [0.25, 0.3) is 0 Å². The van der Waals surface area contributed by atoms with Gasteiger partial charge in [0.15, 0.2) is 0 Å². The summed E-state index contributed by atoms with van der Waals surface area (Å²) in [7, 11) is 1.33. The zero-order chi connectivity index (χ0) is 24.0. The molecular formula is C26H36BrN3O3. The zero-order valence-corrected chi connectivity index (χ0v) is 21.5. The first kappa shape index (κ1) is 25.3. The number of hydrogen-bond donors (Lipinski definition) is 2. The van der Waals surface area contributed by atoms with Gasteiger partial charge in [-0.2, -0.15) is 0 Å². The number of hydrogen-bond acceptors (Lipinski definition) is 4. The van der Waals surface area contributed by atoms with E-state index < -0.39 is 11.6 Å². The number of benzene rings is 1. The fourth-order valence-electron chi connectivity index (χ4n) is 4.90. The Labute approximate surface area is 206 Å². The molecule has 2 unspecified atom stereocenters. The number of rotatable bonds is 8. The van der Waals surface area contributed by atoms with Gasteiger partial charge in [-0.05, 0) is 61.3 Å². The molecule has 1 saturated carbocycles. The van der Waals surface area contributed by atoms with E-state index in [1.165, 1.54) is 18.2 Å². The Morgan fingerprint density at radius 1 is 1.27 bits per heavy atom. The molecule has 6 nitrogen and oxygen atoms in total. The molecule has 0 spiro atoms. The maximum absolute atomic E-state index is 13.6. The van der Waals surface area contributed by atoms with Gasteiger partial charge < -0.3 is 20.3 Å². The van der Waals surface area contributed by atoms with Crippen LogP contribution < -0.4 is 10.6 Å². The van der Waals surface area contributed by atoms with E-state index in [2.05, 4.69) is 59.1 Å². The molecule has 0 bridgehead atoms. The molecule has 7 heteroatoms. The summed E-state index contributed by atoms with van der Waals surface area (Å²) in [5.74, 6) is 0.355. The first-order chi connectivity index (χ1) is 15.8. The molecule has 1 saturated heterocycles. The van der Waals surface area contributed by atoms with Crippen LogP contribution in [0.3, 0.4) is 0 Å². The molecule has 33 heavy (non-hydrogen) atoms. The van der Waals surface area contributed by atoms with Gasteiger partial charge in [-0.1, -0.05) is 61.3 Å². The van der Waals surface area contributed by atoms with E-state index in [0.29, 0.717) is 25.3 Å². The summed E-state index contributed by atoms with van der Waals surface area (Å²) < 4.78 is 5.86. The largest absolute Gasteiger partial charge is 0.453 e. The molecule has 0 radical (unpaired) electrons. The van der Waals surface area contributed by atoms with E-state index in [1.54, 1.807) is 0 Å². The summed E-state index contributed by atoms with van der Waals surface area (Å²) in [6.07, 6.45) is 7.41. The van der Waals surface area contributed by atoms with Crippen LogP contribution >= 0.6 is 15.9 Å². The first-order valence-electron chi connectivity index (χ1n) is 11.9. The standard InChI is InChI=1S/C26H36BrN3O3/c1-5-18(2)22(20-10-12-21(27)13-11-20)17-28-19(3)23-9-8-16-30(23)24(31)26(14-6-7-15-26)29-25(32)33-4/h10-13,17-18,23,28H,3,5-9,14-16H2,1-2,4H3,(H,29,32)/b22-17+. The molecule has 1 aromatic rings. The number of ether oxygens (including phenoxy) is 1. The second kappa shape index (κ2) is 11.2. The fraction of sp³-hybridized carbons (Fsp3) is 0.538. The Hall–Kier alpha value is -2.28. The van der Waals surface area contributed by atoms with Crippen LogP contribution in [0.4, 0.5) is 4.79 Å². The van der Waals surface area contributed by atoms with Crippen LogP contribution in [0.5, 0.6) is 0 Å². The van der Waals surface area contributed by atoms with E-state index in [1.807, 2.05) is 23.2 Å². The lowest BCUT2D eigenvalue weighted by atomic mass is 9.92. The van der Waals surface area contributed by atoms with Crippen molar-refractivity contribution in [3.05, 3.63) is 52.8 Å². The molecule has 2 atom stereocenters. The Bertz CT molecular complexity index is 891. The highest BCUT2D eigenvalue weighted by atomic mass is 79.9. The fourth-order valence-corrected chi connectivity index (χ4v) is 5.17. The Morgan fingerprint density at radius 2 is 1.94 bits per heavy atom. The van der Waals surface area contributed by atoms with Crippen LogP contribution in [0.25, 0.3) is 5.57 Å². The summed E-state index contributed by atoms with van der Waals surface area (Å²) in [5.41, 5.74) is 2.32. The van der Waals surface area contributed by atoms with E-state index in [4.69, 9.17) is 4.74 Å². The molecule has 2 amide bonds. The number of allylic oxidation sites excluding steroid dienone is 1. The van der Waals surface area contributed by atoms with Crippen LogP contribution in [-0.2, 0) is 9.53 Å². The smallest absolute Gasteiger partial charge is 0.407 e. The van der Waals surface area contributed by atoms with E-state index in [-0.39, 0.29) is 11.9 Å². The van der Waals surface area contributed by atoms with Crippen molar-refractivity contribution in [1.29, 1.82) is 0 Å². The number of nitrogens with zero attached hydrogens (tertiary/aromatic N) is 1. The van der Waals surface area contributed by atoms with Gasteiger partial charge in [-0.15, -0.1) is 0 Å². The molecule has 2 fully saturated rings. The van der Waals surface area contributed by atoms with Crippen molar-refractivity contribution in [3.8, 4) is 0 Å². The quantitative estimate of drug-likeness (QED) is 0.470. The molecule has 1 aliphatic heterocycles. The highest BCUT2D eigenvalue weighted by Crippen LogP contribution is 2.35. The van der Waals surface area contributed by atoms with Gasteiger partial charge in [0.2, 0.25) is 5.91 Å². The Morgan fingerprint density at radius 3 is 2.55 bits per heavy atom. The van der Waals surface area contributed by atoms with Gasteiger partial charge in [-0.3, -0.25) is 4.79 Å². The summed E-state index contributed by atoms with van der Waals surface area (Å²) in [5, 5.41) is 6.28. The Balaban J connectivity index is 1.77. The minimum absolute atomic E-state index is 0.0186. The number of likely N-dealkylation sites (tertiary alicyclic amines) is 1. The first-order valence-corrected chi connectivity index (χ1v) is 12.7. The summed E-state index contributed by atoms with van der Waals surface area (Å²) in [6.45, 7) is 9.36. The highest BCUT2D eigenvalue weighted by Gasteiger charge is 2.47. The molecule has 2 N–H and O–H groups in total. The van der Waals surface area contributed by atoms with Gasteiger partial charge in [0.05, 0.1) is 13.2 Å². The lowest BCUT2D eigenvalue weighted by molar-refractivity contribution is -0.138. The van der Waals surface area contributed by atoms with Crippen molar-refractivity contribution in [2.24, 2.45) is 5.92 Å². The summed E-state index contributed by atoms with van der Waals surface area (Å²) in [6, 6.07) is 8.22. The predicted octanol–water partition coefficient (Wildman–Crippen LogP) is 5.60. The van der Waals surface area contributed by atoms with Gasteiger partial charge in [0.1, 0.15) is 5.54 Å². The SMILES string of the molecule is C=C(N/C=C(/c1ccc(Br)cc1)C(C)CC)C1CCCN1C(=O)C1(NC(=O)OC)CCCC1. The maximum Gasteiger partial charge on any atom is 0.407 e. The summed E-state index contributed by atoms with van der Waals surface area (Å²) >= 11 is 3.51. The second-order valence-electron chi connectivity index (χ2n) is 9.15. The van der Waals surface area contributed by atoms with Crippen LogP contribution in [0, 0.1) is 5.92 Å². The van der Waals surface area contributed by atoms with Crippen LogP contribution in [0.1, 0.15) is 64.4 Å². The highest BCUT2D eigenvalue weighted by molar-refractivity contribution is 9.10.